The predicted molar refractivity (Wildman–Crippen MR) is 52.1 cm³/mol. The monoisotopic (exact) mass is 160 g/mol. The average molecular weight is 160 g/mol. The molecule has 0 saturated heterocycles. The van der Waals surface area contributed by atoms with Gasteiger partial charge in [-0.2, -0.15) is 5.26 Å². The molecule has 2 heteroatoms. The lowest BCUT2D eigenvalue weighted by Crippen LogP contribution is -1.79. The molecular weight excluding hydrogens is 148 g/mol. The summed E-state index contributed by atoms with van der Waals surface area (Å²) in [7, 11) is 1.70. The number of nitriles is 1. The van der Waals surface area contributed by atoms with Gasteiger partial charge in [-0.3, -0.25) is 4.99 Å². The fourth-order valence-corrected chi connectivity index (χ4v) is 0.638. The lowest BCUT2D eigenvalue weighted by atomic mass is 10.1. The molecule has 0 aromatic heterocycles. The highest BCUT2D eigenvalue weighted by Gasteiger charge is 1.91. The van der Waals surface area contributed by atoms with Gasteiger partial charge in [-0.15, -0.1) is 0 Å². The molecule has 0 aliphatic heterocycles. The van der Waals surface area contributed by atoms with Gasteiger partial charge in [0, 0.05) is 25.3 Å². The summed E-state index contributed by atoms with van der Waals surface area (Å²) in [5.74, 6) is 0. The van der Waals surface area contributed by atoms with Gasteiger partial charge < -0.3 is 0 Å². The standard InChI is InChI=1S/C10H12N2/c1-9(5-4-6-12-3)7-10(2)8-11/h4-6H,1-2,7H2,3H3/b5-4-,12-6-. The van der Waals surface area contributed by atoms with Gasteiger partial charge in [0.25, 0.3) is 0 Å². The first-order valence-electron chi connectivity index (χ1n) is 3.55. The second-order valence-electron chi connectivity index (χ2n) is 2.32. The molecule has 0 unspecified atom stereocenters. The van der Waals surface area contributed by atoms with Gasteiger partial charge in [0.1, 0.15) is 0 Å². The van der Waals surface area contributed by atoms with Crippen LogP contribution in [0.25, 0.3) is 0 Å². The molecule has 0 aromatic rings. The number of aliphatic imine (C=N–C) groups is 1. The van der Waals surface area contributed by atoms with Gasteiger partial charge >= 0.3 is 0 Å². The molecule has 0 bridgehead atoms. The minimum Gasteiger partial charge on any atom is -0.297 e. The van der Waals surface area contributed by atoms with Crippen LogP contribution in [-0.4, -0.2) is 13.3 Å². The number of hydrogen-bond acceptors (Lipinski definition) is 2. The first-order valence-corrected chi connectivity index (χ1v) is 3.55. The van der Waals surface area contributed by atoms with Crippen LogP contribution in [0.15, 0.2) is 41.4 Å². The van der Waals surface area contributed by atoms with E-state index in [1.165, 1.54) is 0 Å². The van der Waals surface area contributed by atoms with Crippen molar-refractivity contribution in [2.75, 3.05) is 7.05 Å². The van der Waals surface area contributed by atoms with Crippen molar-refractivity contribution in [1.82, 2.24) is 0 Å². The van der Waals surface area contributed by atoms with Crippen molar-refractivity contribution in [3.63, 3.8) is 0 Å². The molecule has 0 radical (unpaired) electrons. The van der Waals surface area contributed by atoms with Crippen LogP contribution in [0.1, 0.15) is 6.42 Å². The van der Waals surface area contributed by atoms with Gasteiger partial charge in [-0.25, -0.2) is 0 Å². The first-order chi connectivity index (χ1) is 5.70. The Morgan fingerprint density at radius 3 is 2.75 bits per heavy atom. The van der Waals surface area contributed by atoms with Crippen molar-refractivity contribution in [3.05, 3.63) is 36.5 Å². The van der Waals surface area contributed by atoms with Gasteiger partial charge in [0.2, 0.25) is 0 Å². The Bertz CT molecular complexity index is 264. The van der Waals surface area contributed by atoms with E-state index < -0.39 is 0 Å². The van der Waals surface area contributed by atoms with Crippen LogP contribution in [0.5, 0.6) is 0 Å². The van der Waals surface area contributed by atoms with Gasteiger partial charge in [0.05, 0.1) is 6.07 Å². The van der Waals surface area contributed by atoms with Gasteiger partial charge in [-0.05, 0) is 6.08 Å². The van der Waals surface area contributed by atoms with Crippen molar-refractivity contribution in [1.29, 1.82) is 5.26 Å². The third kappa shape index (κ3) is 5.19. The molecule has 0 heterocycles. The third-order valence-corrected chi connectivity index (χ3v) is 1.17. The van der Waals surface area contributed by atoms with Crippen molar-refractivity contribution in [2.45, 2.75) is 6.42 Å². The maximum Gasteiger partial charge on any atom is 0.0944 e. The fourth-order valence-electron chi connectivity index (χ4n) is 0.638. The highest BCUT2D eigenvalue weighted by Crippen LogP contribution is 2.06. The van der Waals surface area contributed by atoms with Crippen LogP contribution in [-0.2, 0) is 0 Å². The molecule has 0 aliphatic carbocycles. The summed E-state index contributed by atoms with van der Waals surface area (Å²) in [6.07, 6.45) is 5.80. The van der Waals surface area contributed by atoms with E-state index in [4.69, 9.17) is 5.26 Å². The van der Waals surface area contributed by atoms with E-state index in [9.17, 15) is 0 Å². The van der Waals surface area contributed by atoms with E-state index in [-0.39, 0.29) is 0 Å². The average Bonchev–Trinajstić information content (AvgIpc) is 2.05. The van der Waals surface area contributed by atoms with Crippen LogP contribution >= 0.6 is 0 Å². The summed E-state index contributed by atoms with van der Waals surface area (Å²) in [6, 6.07) is 1.96. The van der Waals surface area contributed by atoms with Crippen LogP contribution in [0, 0.1) is 11.3 Å². The maximum absolute atomic E-state index is 8.41. The Kier molecular flexibility index (Phi) is 5.29. The van der Waals surface area contributed by atoms with Crippen molar-refractivity contribution in [3.8, 4) is 6.07 Å². The fraction of sp³-hybridized carbons (Fsp3) is 0.200. The molecule has 0 spiro atoms. The molecule has 0 atom stereocenters. The summed E-state index contributed by atoms with van der Waals surface area (Å²) in [5, 5.41) is 8.41. The normalized spacial score (nSPS) is 10.3. The van der Waals surface area contributed by atoms with E-state index in [0.29, 0.717) is 12.0 Å². The second-order valence-corrected chi connectivity index (χ2v) is 2.32. The number of rotatable bonds is 4. The molecule has 0 amide bonds. The molecule has 0 rings (SSSR count). The number of allylic oxidation sites excluding steroid dienone is 4. The van der Waals surface area contributed by atoms with Crippen molar-refractivity contribution >= 4 is 6.21 Å². The highest BCUT2D eigenvalue weighted by atomic mass is 14.6. The largest absolute Gasteiger partial charge is 0.297 e. The third-order valence-electron chi connectivity index (χ3n) is 1.17. The van der Waals surface area contributed by atoms with Crippen LogP contribution in [0.2, 0.25) is 0 Å². The Morgan fingerprint density at radius 2 is 2.25 bits per heavy atom. The molecule has 62 valence electrons. The second kappa shape index (κ2) is 6.11. The minimum absolute atomic E-state index is 0.526. The Morgan fingerprint density at radius 1 is 1.58 bits per heavy atom. The Balaban J connectivity index is 3.92. The lowest BCUT2D eigenvalue weighted by molar-refractivity contribution is 1.23. The zero-order valence-corrected chi connectivity index (χ0v) is 7.25. The topological polar surface area (TPSA) is 36.1 Å². The minimum atomic E-state index is 0.526. The van der Waals surface area contributed by atoms with E-state index in [1.54, 1.807) is 19.3 Å². The summed E-state index contributed by atoms with van der Waals surface area (Å²) in [6.45, 7) is 7.31. The predicted octanol–water partition coefficient (Wildman–Crippen LogP) is 2.27. The summed E-state index contributed by atoms with van der Waals surface area (Å²) in [5.41, 5.74) is 1.39. The smallest absolute Gasteiger partial charge is 0.0944 e. The maximum atomic E-state index is 8.41. The molecule has 0 N–H and O–H groups in total. The quantitative estimate of drug-likeness (QED) is 0.353. The lowest BCUT2D eigenvalue weighted by Gasteiger charge is -1.93. The summed E-state index contributed by atoms with van der Waals surface area (Å²) < 4.78 is 0. The van der Waals surface area contributed by atoms with Gasteiger partial charge in [0.15, 0.2) is 0 Å². The zero-order valence-electron chi connectivity index (χ0n) is 7.25. The van der Waals surface area contributed by atoms with E-state index >= 15 is 0 Å². The molecule has 0 aliphatic rings. The molecule has 0 aromatic carbocycles. The molecule has 12 heavy (non-hydrogen) atoms. The molecular formula is C10H12N2. The molecule has 2 nitrogen and oxygen atoms in total. The van der Waals surface area contributed by atoms with Crippen LogP contribution in [0.4, 0.5) is 0 Å². The van der Waals surface area contributed by atoms with E-state index in [0.717, 1.165) is 5.57 Å². The first kappa shape index (κ1) is 10.4. The molecule has 0 fully saturated rings. The van der Waals surface area contributed by atoms with E-state index in [2.05, 4.69) is 18.2 Å². The summed E-state index contributed by atoms with van der Waals surface area (Å²) >= 11 is 0. The number of hydrogen-bond donors (Lipinski definition) is 0. The van der Waals surface area contributed by atoms with Crippen molar-refractivity contribution < 1.29 is 0 Å². The Labute approximate surface area is 73.2 Å². The zero-order chi connectivity index (χ0) is 9.40. The van der Waals surface area contributed by atoms with Gasteiger partial charge in [-0.1, -0.05) is 24.8 Å². The van der Waals surface area contributed by atoms with E-state index in [1.807, 2.05) is 12.1 Å². The highest BCUT2D eigenvalue weighted by molar-refractivity contribution is 5.71. The summed E-state index contributed by atoms with van der Waals surface area (Å²) in [4.78, 5) is 3.77. The number of nitrogens with zero attached hydrogens (tertiary/aromatic N) is 2. The SMILES string of the molecule is C=C(C#N)CC(=C)/C=C\C=N/C. The van der Waals surface area contributed by atoms with Crippen LogP contribution < -0.4 is 0 Å². The molecule has 0 saturated carbocycles. The Hall–Kier alpha value is -1.62. The van der Waals surface area contributed by atoms with Crippen LogP contribution in [0.3, 0.4) is 0 Å². The van der Waals surface area contributed by atoms with Crippen molar-refractivity contribution in [2.24, 2.45) is 4.99 Å².